The minimum Gasteiger partial charge on any atom is -0.408 e. The molecule has 5 heteroatoms. The van der Waals surface area contributed by atoms with Gasteiger partial charge in [-0.15, -0.1) is 0 Å². The molecule has 102 valence electrons. The molecule has 1 saturated heterocycles. The Labute approximate surface area is 119 Å². The van der Waals surface area contributed by atoms with Crippen molar-refractivity contribution in [1.29, 1.82) is 0 Å². The Morgan fingerprint density at radius 2 is 2.00 bits per heavy atom. The van der Waals surface area contributed by atoms with Crippen molar-refractivity contribution < 1.29 is 9.15 Å². The molecule has 0 N–H and O–H groups in total. The molecule has 0 radical (unpaired) electrons. The molecular formula is C14H16BrNO3. The summed E-state index contributed by atoms with van der Waals surface area (Å²) in [7, 11) is 0. The van der Waals surface area contributed by atoms with E-state index >= 15 is 0 Å². The van der Waals surface area contributed by atoms with Gasteiger partial charge < -0.3 is 9.15 Å². The summed E-state index contributed by atoms with van der Waals surface area (Å²) in [5.41, 5.74) is 1.61. The summed E-state index contributed by atoms with van der Waals surface area (Å²) in [4.78, 5) is 12.0. The number of ether oxygens (including phenoxy) is 1. The van der Waals surface area contributed by atoms with Crippen molar-refractivity contribution in [3.63, 3.8) is 0 Å². The van der Waals surface area contributed by atoms with Crippen molar-refractivity contribution >= 4 is 27.0 Å². The van der Waals surface area contributed by atoms with Crippen LogP contribution in [0.4, 0.5) is 0 Å². The molecule has 0 aliphatic carbocycles. The zero-order valence-electron chi connectivity index (χ0n) is 10.6. The molecule has 1 fully saturated rings. The minimum atomic E-state index is -0.270. The Bertz CT molecular complexity index is 625. The molecule has 0 atom stereocenters. The molecule has 4 nitrogen and oxygen atoms in total. The van der Waals surface area contributed by atoms with Crippen LogP contribution in [0.2, 0.25) is 0 Å². The number of oxazole rings is 1. The molecule has 0 saturated carbocycles. The first-order chi connectivity index (χ1) is 9.24. The van der Waals surface area contributed by atoms with E-state index in [0.717, 1.165) is 36.9 Å². The number of hydrogen-bond acceptors (Lipinski definition) is 3. The number of rotatable bonds is 3. The second-order valence-corrected chi connectivity index (χ2v) is 5.73. The first-order valence-corrected chi connectivity index (χ1v) is 7.58. The highest BCUT2D eigenvalue weighted by Crippen LogP contribution is 2.34. The van der Waals surface area contributed by atoms with Crippen molar-refractivity contribution in [3.8, 4) is 0 Å². The van der Waals surface area contributed by atoms with Crippen molar-refractivity contribution in [2.45, 2.75) is 19.4 Å². The topological polar surface area (TPSA) is 44.4 Å². The molecule has 3 rings (SSSR count). The molecule has 0 spiro atoms. The number of alkyl halides is 1. The van der Waals surface area contributed by atoms with Crippen LogP contribution < -0.4 is 5.76 Å². The second-order valence-electron chi connectivity index (χ2n) is 5.17. The predicted octanol–water partition coefficient (Wildman–Crippen LogP) is 2.79. The zero-order valence-corrected chi connectivity index (χ0v) is 12.2. The van der Waals surface area contributed by atoms with Crippen LogP contribution >= 0.6 is 15.9 Å². The molecule has 1 aliphatic heterocycles. The van der Waals surface area contributed by atoms with Gasteiger partial charge >= 0.3 is 5.76 Å². The predicted molar refractivity (Wildman–Crippen MR) is 76.8 cm³/mol. The summed E-state index contributed by atoms with van der Waals surface area (Å²) in [6, 6.07) is 7.57. The van der Waals surface area contributed by atoms with Crippen molar-refractivity contribution in [2.75, 3.05) is 18.5 Å². The van der Waals surface area contributed by atoms with E-state index in [1.807, 2.05) is 24.3 Å². The van der Waals surface area contributed by atoms with E-state index < -0.39 is 0 Å². The average molecular weight is 326 g/mol. The second kappa shape index (κ2) is 5.13. The maximum Gasteiger partial charge on any atom is 0.419 e. The highest BCUT2D eigenvalue weighted by atomic mass is 79.9. The summed E-state index contributed by atoms with van der Waals surface area (Å²) >= 11 is 3.60. The van der Waals surface area contributed by atoms with Gasteiger partial charge in [0.2, 0.25) is 0 Å². The van der Waals surface area contributed by atoms with Crippen molar-refractivity contribution in [1.82, 2.24) is 4.57 Å². The van der Waals surface area contributed by atoms with Gasteiger partial charge in [0.25, 0.3) is 0 Å². The Balaban J connectivity index is 2.00. The largest absolute Gasteiger partial charge is 0.419 e. The smallest absolute Gasteiger partial charge is 0.408 e. The molecule has 0 amide bonds. The molecule has 0 bridgehead atoms. The summed E-state index contributed by atoms with van der Waals surface area (Å²) in [5.74, 6) is -0.270. The van der Waals surface area contributed by atoms with E-state index in [1.54, 1.807) is 4.57 Å². The molecule has 19 heavy (non-hydrogen) atoms. The van der Waals surface area contributed by atoms with Gasteiger partial charge in [-0.3, -0.25) is 4.57 Å². The SMILES string of the molecule is O=c1oc2ccccc2n1CC1(CBr)CCOCC1. The van der Waals surface area contributed by atoms with Crippen LogP contribution in [0.1, 0.15) is 12.8 Å². The Morgan fingerprint density at radius 1 is 1.26 bits per heavy atom. The van der Waals surface area contributed by atoms with Crippen molar-refractivity contribution in [2.24, 2.45) is 5.41 Å². The number of nitrogens with zero attached hydrogens (tertiary/aromatic N) is 1. The van der Waals surface area contributed by atoms with Crippen LogP contribution in [-0.2, 0) is 11.3 Å². The van der Waals surface area contributed by atoms with E-state index in [9.17, 15) is 4.79 Å². The molecule has 2 heterocycles. The lowest BCUT2D eigenvalue weighted by atomic mass is 9.82. The highest BCUT2D eigenvalue weighted by Gasteiger charge is 2.33. The van der Waals surface area contributed by atoms with Gasteiger partial charge in [-0.05, 0) is 25.0 Å². The summed E-state index contributed by atoms with van der Waals surface area (Å²) in [6.45, 7) is 2.20. The quantitative estimate of drug-likeness (QED) is 0.815. The van der Waals surface area contributed by atoms with E-state index in [0.29, 0.717) is 12.1 Å². The first kappa shape index (κ1) is 12.9. The fourth-order valence-electron chi connectivity index (χ4n) is 2.64. The zero-order chi connectivity index (χ0) is 13.3. The molecule has 1 aromatic heterocycles. The maximum atomic E-state index is 12.0. The monoisotopic (exact) mass is 325 g/mol. The van der Waals surface area contributed by atoms with Gasteiger partial charge in [-0.25, -0.2) is 4.79 Å². The number of para-hydroxylation sites is 2. The van der Waals surface area contributed by atoms with E-state index in [1.165, 1.54) is 0 Å². The molecule has 2 aromatic rings. The third kappa shape index (κ3) is 2.37. The van der Waals surface area contributed by atoms with Crippen LogP contribution in [0.15, 0.2) is 33.5 Å². The van der Waals surface area contributed by atoms with E-state index in [2.05, 4.69) is 15.9 Å². The van der Waals surface area contributed by atoms with Crippen LogP contribution in [0, 0.1) is 5.41 Å². The lowest BCUT2D eigenvalue weighted by molar-refractivity contribution is 0.0182. The normalized spacial score (nSPS) is 18.8. The van der Waals surface area contributed by atoms with Crippen LogP contribution in [0.5, 0.6) is 0 Å². The summed E-state index contributed by atoms with van der Waals surface area (Å²) in [6.07, 6.45) is 1.92. The first-order valence-electron chi connectivity index (χ1n) is 6.46. The van der Waals surface area contributed by atoms with Gasteiger partial charge in [-0.2, -0.15) is 0 Å². The van der Waals surface area contributed by atoms with E-state index in [-0.39, 0.29) is 11.2 Å². The number of halogens is 1. The number of fused-ring (bicyclic) bond motifs is 1. The molecule has 1 aliphatic rings. The summed E-state index contributed by atoms with van der Waals surface area (Å²) in [5, 5.41) is 0.870. The number of hydrogen-bond donors (Lipinski definition) is 0. The lowest BCUT2D eigenvalue weighted by Crippen LogP contribution is -2.37. The van der Waals surface area contributed by atoms with Crippen LogP contribution in [-0.4, -0.2) is 23.1 Å². The van der Waals surface area contributed by atoms with Gasteiger partial charge in [0.15, 0.2) is 5.58 Å². The van der Waals surface area contributed by atoms with Crippen LogP contribution in [0.25, 0.3) is 11.1 Å². The summed E-state index contributed by atoms with van der Waals surface area (Å²) < 4.78 is 12.5. The third-order valence-electron chi connectivity index (χ3n) is 3.90. The standard InChI is InChI=1S/C14H16BrNO3/c15-9-14(5-7-18-8-6-14)10-16-11-3-1-2-4-12(11)19-13(16)17/h1-4H,5-10H2. The average Bonchev–Trinajstić information content (AvgIpc) is 2.76. The number of benzene rings is 1. The fourth-order valence-corrected chi connectivity index (χ4v) is 3.38. The minimum absolute atomic E-state index is 0.0781. The Morgan fingerprint density at radius 3 is 2.74 bits per heavy atom. The van der Waals surface area contributed by atoms with Gasteiger partial charge in [-0.1, -0.05) is 28.1 Å². The van der Waals surface area contributed by atoms with Gasteiger partial charge in [0.1, 0.15) is 0 Å². The molecule has 0 unspecified atom stereocenters. The fraction of sp³-hybridized carbons (Fsp3) is 0.500. The number of aromatic nitrogens is 1. The Kier molecular flexibility index (Phi) is 3.50. The third-order valence-corrected chi connectivity index (χ3v) is 5.09. The molecule has 1 aromatic carbocycles. The van der Waals surface area contributed by atoms with Gasteiger partial charge in [0, 0.05) is 30.5 Å². The highest BCUT2D eigenvalue weighted by molar-refractivity contribution is 9.09. The Hall–Kier alpha value is -1.07. The van der Waals surface area contributed by atoms with Gasteiger partial charge in [0.05, 0.1) is 5.52 Å². The maximum absolute atomic E-state index is 12.0. The van der Waals surface area contributed by atoms with E-state index in [4.69, 9.17) is 9.15 Å². The lowest BCUT2D eigenvalue weighted by Gasteiger charge is -2.35. The van der Waals surface area contributed by atoms with Crippen LogP contribution in [0.3, 0.4) is 0 Å². The molecular weight excluding hydrogens is 310 g/mol. The van der Waals surface area contributed by atoms with Crippen molar-refractivity contribution in [3.05, 3.63) is 34.8 Å².